The highest BCUT2D eigenvalue weighted by molar-refractivity contribution is 5.46. The molecule has 100 valence electrons. The van der Waals surface area contributed by atoms with Crippen molar-refractivity contribution < 1.29 is 5.11 Å². The van der Waals surface area contributed by atoms with Gasteiger partial charge in [0.05, 0.1) is 0 Å². The van der Waals surface area contributed by atoms with Crippen LogP contribution in [0.1, 0.15) is 38.9 Å². The van der Waals surface area contributed by atoms with Crippen LogP contribution in [0.25, 0.3) is 0 Å². The highest BCUT2D eigenvalue weighted by Crippen LogP contribution is 2.27. The van der Waals surface area contributed by atoms with Gasteiger partial charge >= 0.3 is 0 Å². The minimum Gasteiger partial charge on any atom is -0.507 e. The van der Waals surface area contributed by atoms with Gasteiger partial charge in [-0.15, -0.1) is 0 Å². The zero-order chi connectivity index (χ0) is 14.2. The first kappa shape index (κ1) is 13.7. The minimum absolute atomic E-state index is 0.432. The van der Waals surface area contributed by atoms with E-state index in [1.54, 1.807) is 0 Å². The average Bonchev–Trinajstić information content (AvgIpc) is 2.32. The Kier molecular flexibility index (Phi) is 3.66. The first-order chi connectivity index (χ1) is 8.88. The zero-order valence-electron chi connectivity index (χ0n) is 12.5. The molecule has 0 heterocycles. The van der Waals surface area contributed by atoms with Crippen LogP contribution in [-0.4, -0.2) is 5.11 Å². The molecule has 0 radical (unpaired) electrons. The SMILES string of the molecule is Cc1cc(C)c(O)c(Cc2cc(C)c(C)c(C)c2)c1. The molecular weight excluding hydrogens is 232 g/mol. The van der Waals surface area contributed by atoms with E-state index in [4.69, 9.17) is 0 Å². The number of phenolic OH excluding ortho intramolecular Hbond substituents is 1. The number of hydrogen-bond donors (Lipinski definition) is 1. The summed E-state index contributed by atoms with van der Waals surface area (Å²) in [5.41, 5.74) is 8.42. The molecule has 1 heteroatoms. The van der Waals surface area contributed by atoms with Crippen LogP contribution >= 0.6 is 0 Å². The lowest BCUT2D eigenvalue weighted by Gasteiger charge is -2.12. The average molecular weight is 254 g/mol. The molecule has 0 amide bonds. The fourth-order valence-electron chi connectivity index (χ4n) is 2.63. The molecule has 0 fully saturated rings. The van der Waals surface area contributed by atoms with E-state index >= 15 is 0 Å². The second-order valence-corrected chi connectivity index (χ2v) is 5.62. The van der Waals surface area contributed by atoms with Gasteiger partial charge in [0.1, 0.15) is 5.75 Å². The topological polar surface area (TPSA) is 20.2 Å². The summed E-state index contributed by atoms with van der Waals surface area (Å²) in [4.78, 5) is 0. The normalized spacial score (nSPS) is 10.8. The van der Waals surface area contributed by atoms with E-state index in [0.717, 1.165) is 17.5 Å². The monoisotopic (exact) mass is 254 g/mol. The molecule has 1 nitrogen and oxygen atoms in total. The van der Waals surface area contributed by atoms with Gasteiger partial charge in [-0.25, -0.2) is 0 Å². The summed E-state index contributed by atoms with van der Waals surface area (Å²) in [5, 5.41) is 10.2. The van der Waals surface area contributed by atoms with Gasteiger partial charge in [-0.05, 0) is 68.0 Å². The Labute approximate surface area is 115 Å². The van der Waals surface area contributed by atoms with Gasteiger partial charge in [-0.3, -0.25) is 0 Å². The molecule has 0 aromatic heterocycles. The van der Waals surface area contributed by atoms with Crippen molar-refractivity contribution in [2.24, 2.45) is 0 Å². The van der Waals surface area contributed by atoms with Crippen LogP contribution in [0.4, 0.5) is 0 Å². The smallest absolute Gasteiger partial charge is 0.122 e. The van der Waals surface area contributed by atoms with Gasteiger partial charge in [0.15, 0.2) is 0 Å². The maximum absolute atomic E-state index is 10.2. The van der Waals surface area contributed by atoms with Gasteiger partial charge in [0, 0.05) is 6.42 Å². The Hall–Kier alpha value is -1.76. The van der Waals surface area contributed by atoms with E-state index in [9.17, 15) is 5.11 Å². The second-order valence-electron chi connectivity index (χ2n) is 5.62. The lowest BCUT2D eigenvalue weighted by molar-refractivity contribution is 0.465. The van der Waals surface area contributed by atoms with Crippen LogP contribution in [0.2, 0.25) is 0 Å². The van der Waals surface area contributed by atoms with Crippen LogP contribution in [0.3, 0.4) is 0 Å². The van der Waals surface area contributed by atoms with Gasteiger partial charge < -0.3 is 5.11 Å². The van der Waals surface area contributed by atoms with Crippen LogP contribution in [0.5, 0.6) is 5.75 Å². The third-order valence-corrected chi connectivity index (χ3v) is 3.91. The molecule has 0 unspecified atom stereocenters. The molecule has 0 saturated heterocycles. The van der Waals surface area contributed by atoms with Crippen LogP contribution in [0.15, 0.2) is 24.3 Å². The molecular formula is C18H22O. The van der Waals surface area contributed by atoms with Crippen molar-refractivity contribution in [3.05, 3.63) is 63.2 Å². The van der Waals surface area contributed by atoms with E-state index < -0.39 is 0 Å². The van der Waals surface area contributed by atoms with Crippen molar-refractivity contribution in [2.45, 2.75) is 41.0 Å². The summed E-state index contributed by atoms with van der Waals surface area (Å²) in [5.74, 6) is 0.432. The molecule has 2 aromatic rings. The van der Waals surface area contributed by atoms with Crippen molar-refractivity contribution in [1.29, 1.82) is 0 Å². The van der Waals surface area contributed by atoms with Gasteiger partial charge in [0.25, 0.3) is 0 Å². The van der Waals surface area contributed by atoms with Crippen molar-refractivity contribution >= 4 is 0 Å². The molecule has 0 aliphatic carbocycles. The zero-order valence-corrected chi connectivity index (χ0v) is 12.5. The largest absolute Gasteiger partial charge is 0.507 e. The van der Waals surface area contributed by atoms with E-state index in [1.165, 1.54) is 27.8 Å². The van der Waals surface area contributed by atoms with Gasteiger partial charge in [-0.1, -0.05) is 29.8 Å². The van der Waals surface area contributed by atoms with E-state index in [2.05, 4.69) is 45.9 Å². The third kappa shape index (κ3) is 2.81. The molecule has 0 saturated carbocycles. The number of rotatable bonds is 2. The molecule has 2 rings (SSSR count). The summed E-state index contributed by atoms with van der Waals surface area (Å²) in [6.07, 6.45) is 0.788. The lowest BCUT2D eigenvalue weighted by Crippen LogP contribution is -1.95. The Balaban J connectivity index is 2.42. The number of benzene rings is 2. The van der Waals surface area contributed by atoms with Crippen LogP contribution < -0.4 is 0 Å². The molecule has 0 spiro atoms. The minimum atomic E-state index is 0.432. The van der Waals surface area contributed by atoms with E-state index in [0.29, 0.717) is 5.75 Å². The van der Waals surface area contributed by atoms with Crippen molar-refractivity contribution in [3.8, 4) is 5.75 Å². The number of aryl methyl sites for hydroxylation is 4. The Morgan fingerprint density at radius 3 is 1.95 bits per heavy atom. The number of hydrogen-bond acceptors (Lipinski definition) is 1. The summed E-state index contributed by atoms with van der Waals surface area (Å²) < 4.78 is 0. The standard InChI is InChI=1S/C18H22O/c1-11-6-14(4)18(19)17(7-11)10-16-8-12(2)15(5)13(3)9-16/h6-9,19H,10H2,1-5H3. The van der Waals surface area contributed by atoms with Crippen LogP contribution in [-0.2, 0) is 6.42 Å². The third-order valence-electron chi connectivity index (χ3n) is 3.91. The summed E-state index contributed by atoms with van der Waals surface area (Å²) in [7, 11) is 0. The Bertz CT molecular complexity index is 601. The quantitative estimate of drug-likeness (QED) is 0.835. The molecule has 0 aliphatic rings. The molecule has 0 atom stereocenters. The lowest BCUT2D eigenvalue weighted by atomic mass is 9.95. The Morgan fingerprint density at radius 2 is 1.37 bits per heavy atom. The molecule has 0 bridgehead atoms. The predicted octanol–water partition coefficient (Wildman–Crippen LogP) is 4.53. The maximum atomic E-state index is 10.2. The summed E-state index contributed by atoms with van der Waals surface area (Å²) in [6, 6.07) is 8.54. The molecule has 1 N–H and O–H groups in total. The fourth-order valence-corrected chi connectivity index (χ4v) is 2.63. The molecule has 0 aliphatic heterocycles. The molecule has 19 heavy (non-hydrogen) atoms. The summed E-state index contributed by atoms with van der Waals surface area (Å²) >= 11 is 0. The highest BCUT2D eigenvalue weighted by Gasteiger charge is 2.08. The highest BCUT2D eigenvalue weighted by atomic mass is 16.3. The maximum Gasteiger partial charge on any atom is 0.122 e. The van der Waals surface area contributed by atoms with Crippen LogP contribution in [0, 0.1) is 34.6 Å². The van der Waals surface area contributed by atoms with Crippen molar-refractivity contribution in [3.63, 3.8) is 0 Å². The molecule has 2 aromatic carbocycles. The predicted molar refractivity (Wildman–Crippen MR) is 81.0 cm³/mol. The van der Waals surface area contributed by atoms with Crippen molar-refractivity contribution in [2.75, 3.05) is 0 Å². The first-order valence-corrected chi connectivity index (χ1v) is 6.74. The van der Waals surface area contributed by atoms with Crippen molar-refractivity contribution in [1.82, 2.24) is 0 Å². The Morgan fingerprint density at radius 1 is 0.789 bits per heavy atom. The summed E-state index contributed by atoms with van der Waals surface area (Å²) in [6.45, 7) is 10.5. The second kappa shape index (κ2) is 5.08. The van der Waals surface area contributed by atoms with Gasteiger partial charge in [-0.2, -0.15) is 0 Å². The van der Waals surface area contributed by atoms with E-state index in [1.807, 2.05) is 13.0 Å². The van der Waals surface area contributed by atoms with Gasteiger partial charge in [0.2, 0.25) is 0 Å². The fraction of sp³-hybridized carbons (Fsp3) is 0.333. The number of aromatic hydroxyl groups is 1. The number of phenols is 1. The van der Waals surface area contributed by atoms with E-state index in [-0.39, 0.29) is 0 Å². The first-order valence-electron chi connectivity index (χ1n) is 6.74.